The summed E-state index contributed by atoms with van der Waals surface area (Å²) in [5.41, 5.74) is 0.951. The van der Waals surface area contributed by atoms with E-state index < -0.39 is 5.97 Å². The van der Waals surface area contributed by atoms with Crippen molar-refractivity contribution in [3.8, 4) is 5.75 Å². The van der Waals surface area contributed by atoms with Gasteiger partial charge in [0, 0.05) is 27.2 Å². The van der Waals surface area contributed by atoms with Crippen molar-refractivity contribution in [2.75, 3.05) is 27.7 Å². The van der Waals surface area contributed by atoms with Crippen molar-refractivity contribution >= 4 is 12.0 Å². The summed E-state index contributed by atoms with van der Waals surface area (Å²) >= 11 is 0. The van der Waals surface area contributed by atoms with Gasteiger partial charge in [0.15, 0.2) is 0 Å². The minimum absolute atomic E-state index is 0.0603. The number of carbonyl (C=O) groups is 2. The summed E-state index contributed by atoms with van der Waals surface area (Å²) in [6.45, 7) is 0.629. The van der Waals surface area contributed by atoms with Crippen molar-refractivity contribution in [3.05, 3.63) is 29.8 Å². The second-order valence-electron chi connectivity index (χ2n) is 4.56. The van der Waals surface area contributed by atoms with Crippen LogP contribution in [0.15, 0.2) is 24.3 Å². The lowest BCUT2D eigenvalue weighted by atomic mass is 10.2. The van der Waals surface area contributed by atoms with Crippen LogP contribution in [0.5, 0.6) is 5.75 Å². The first-order valence-corrected chi connectivity index (χ1v) is 6.25. The molecule has 6 heteroatoms. The Morgan fingerprint density at radius 3 is 2.55 bits per heavy atom. The molecule has 0 fully saturated rings. The van der Waals surface area contributed by atoms with Gasteiger partial charge in [0.25, 0.3) is 0 Å². The molecule has 0 heterocycles. The minimum Gasteiger partial charge on any atom is -0.497 e. The molecule has 0 unspecified atom stereocenters. The molecule has 6 nitrogen and oxygen atoms in total. The number of rotatable bonds is 6. The Bertz CT molecular complexity index is 476. The molecule has 0 bridgehead atoms. The number of carboxylic acid groups (broad SMARTS) is 1. The molecule has 2 amide bonds. The average Bonchev–Trinajstić information content (AvgIpc) is 2.43. The maximum Gasteiger partial charge on any atom is 0.319 e. The van der Waals surface area contributed by atoms with Gasteiger partial charge < -0.3 is 19.6 Å². The van der Waals surface area contributed by atoms with Gasteiger partial charge in [-0.3, -0.25) is 4.79 Å². The minimum atomic E-state index is -0.917. The Balaban J connectivity index is 2.58. The Kier molecular flexibility index (Phi) is 5.83. The maximum atomic E-state index is 12.0. The molecule has 0 atom stereocenters. The van der Waals surface area contributed by atoms with E-state index in [0.717, 1.165) is 11.3 Å². The fourth-order valence-corrected chi connectivity index (χ4v) is 1.76. The summed E-state index contributed by atoms with van der Waals surface area (Å²) in [6.07, 6.45) is -0.0603. The van der Waals surface area contributed by atoms with Crippen LogP contribution < -0.4 is 4.74 Å². The highest BCUT2D eigenvalue weighted by Crippen LogP contribution is 2.14. The molecule has 0 aliphatic heterocycles. The van der Waals surface area contributed by atoms with E-state index in [-0.39, 0.29) is 19.0 Å². The van der Waals surface area contributed by atoms with E-state index in [1.807, 2.05) is 24.3 Å². The molecule has 110 valence electrons. The number of urea groups is 1. The number of benzene rings is 1. The topological polar surface area (TPSA) is 70.1 Å². The lowest BCUT2D eigenvalue weighted by Gasteiger charge is -2.24. The van der Waals surface area contributed by atoms with E-state index in [2.05, 4.69) is 0 Å². The Labute approximate surface area is 118 Å². The van der Waals surface area contributed by atoms with Gasteiger partial charge in [-0.15, -0.1) is 0 Å². The molecule has 0 spiro atoms. The third-order valence-electron chi connectivity index (χ3n) is 2.87. The monoisotopic (exact) mass is 280 g/mol. The zero-order chi connectivity index (χ0) is 15.1. The second-order valence-corrected chi connectivity index (χ2v) is 4.56. The van der Waals surface area contributed by atoms with Crippen molar-refractivity contribution in [2.24, 2.45) is 0 Å². The van der Waals surface area contributed by atoms with E-state index >= 15 is 0 Å². The number of carbonyl (C=O) groups excluding carboxylic acids is 1. The second kappa shape index (κ2) is 7.37. The van der Waals surface area contributed by atoms with Gasteiger partial charge >= 0.3 is 12.0 Å². The van der Waals surface area contributed by atoms with Gasteiger partial charge in [-0.1, -0.05) is 12.1 Å². The van der Waals surface area contributed by atoms with E-state index in [4.69, 9.17) is 9.84 Å². The first kappa shape index (κ1) is 15.8. The molecule has 1 aromatic carbocycles. The van der Waals surface area contributed by atoms with E-state index in [1.54, 1.807) is 21.2 Å². The van der Waals surface area contributed by atoms with E-state index in [9.17, 15) is 9.59 Å². The molecular weight excluding hydrogens is 260 g/mol. The van der Waals surface area contributed by atoms with E-state index in [0.29, 0.717) is 6.54 Å². The molecular formula is C14H20N2O4. The molecule has 0 radical (unpaired) electrons. The number of nitrogens with zero attached hydrogens (tertiary/aromatic N) is 2. The smallest absolute Gasteiger partial charge is 0.319 e. The summed E-state index contributed by atoms with van der Waals surface area (Å²) in [5, 5.41) is 8.61. The van der Waals surface area contributed by atoms with Gasteiger partial charge in [0.05, 0.1) is 13.5 Å². The number of amides is 2. The quantitative estimate of drug-likeness (QED) is 0.860. The van der Waals surface area contributed by atoms with E-state index in [1.165, 1.54) is 9.80 Å². The average molecular weight is 280 g/mol. The predicted molar refractivity (Wildman–Crippen MR) is 74.7 cm³/mol. The van der Waals surface area contributed by atoms with Crippen LogP contribution in [0.3, 0.4) is 0 Å². The highest BCUT2D eigenvalue weighted by molar-refractivity contribution is 5.75. The van der Waals surface area contributed by atoms with Crippen molar-refractivity contribution in [1.29, 1.82) is 0 Å². The highest BCUT2D eigenvalue weighted by Gasteiger charge is 2.15. The fourth-order valence-electron chi connectivity index (χ4n) is 1.76. The summed E-state index contributed by atoms with van der Waals surface area (Å²) in [6, 6.07) is 7.25. The first-order valence-electron chi connectivity index (χ1n) is 6.25. The highest BCUT2D eigenvalue weighted by atomic mass is 16.5. The molecule has 0 saturated heterocycles. The lowest BCUT2D eigenvalue weighted by molar-refractivity contribution is -0.137. The number of hydrogen-bond donors (Lipinski definition) is 1. The standard InChI is InChI=1S/C14H20N2O4/c1-15(8-7-13(17)18)14(19)16(2)10-11-5-4-6-12(9-11)20-3/h4-6,9H,7-8,10H2,1-3H3,(H,17,18). The van der Waals surface area contributed by atoms with Crippen LogP contribution in [0.2, 0.25) is 0 Å². The lowest BCUT2D eigenvalue weighted by Crippen LogP contribution is -2.39. The van der Waals surface area contributed by atoms with Gasteiger partial charge in [-0.25, -0.2) is 4.79 Å². The molecule has 0 aliphatic carbocycles. The normalized spacial score (nSPS) is 9.95. The Morgan fingerprint density at radius 1 is 1.25 bits per heavy atom. The zero-order valence-corrected chi connectivity index (χ0v) is 12.0. The number of carboxylic acids is 1. The third kappa shape index (κ3) is 4.79. The number of hydrogen-bond acceptors (Lipinski definition) is 3. The van der Waals surface area contributed by atoms with Gasteiger partial charge in [0.2, 0.25) is 0 Å². The largest absolute Gasteiger partial charge is 0.497 e. The fraction of sp³-hybridized carbons (Fsp3) is 0.429. The molecule has 1 N–H and O–H groups in total. The Morgan fingerprint density at radius 2 is 1.95 bits per heavy atom. The SMILES string of the molecule is COc1cccc(CN(C)C(=O)N(C)CCC(=O)O)c1. The molecule has 20 heavy (non-hydrogen) atoms. The Hall–Kier alpha value is -2.24. The third-order valence-corrected chi connectivity index (χ3v) is 2.87. The number of ether oxygens (including phenoxy) is 1. The molecule has 0 aliphatic rings. The van der Waals surface area contributed by atoms with Crippen molar-refractivity contribution < 1.29 is 19.4 Å². The molecule has 1 aromatic rings. The van der Waals surface area contributed by atoms with Crippen LogP contribution >= 0.6 is 0 Å². The van der Waals surface area contributed by atoms with Crippen molar-refractivity contribution in [3.63, 3.8) is 0 Å². The first-order chi connectivity index (χ1) is 9.43. The predicted octanol–water partition coefficient (Wildman–Crippen LogP) is 1.65. The number of methoxy groups -OCH3 is 1. The van der Waals surface area contributed by atoms with Crippen LogP contribution in [0.4, 0.5) is 4.79 Å². The van der Waals surface area contributed by atoms with Crippen LogP contribution in [-0.2, 0) is 11.3 Å². The van der Waals surface area contributed by atoms with Gasteiger partial charge in [-0.05, 0) is 17.7 Å². The molecule has 1 rings (SSSR count). The van der Waals surface area contributed by atoms with Gasteiger partial charge in [0.1, 0.15) is 5.75 Å². The maximum absolute atomic E-state index is 12.0. The molecule has 0 aromatic heterocycles. The summed E-state index contributed by atoms with van der Waals surface area (Å²) in [4.78, 5) is 25.5. The number of aliphatic carboxylic acids is 1. The van der Waals surface area contributed by atoms with Crippen molar-refractivity contribution in [2.45, 2.75) is 13.0 Å². The van der Waals surface area contributed by atoms with Crippen LogP contribution in [-0.4, -0.2) is 54.7 Å². The van der Waals surface area contributed by atoms with Gasteiger partial charge in [-0.2, -0.15) is 0 Å². The summed E-state index contributed by atoms with van der Waals surface area (Å²) in [7, 11) is 4.86. The summed E-state index contributed by atoms with van der Waals surface area (Å²) < 4.78 is 5.13. The van der Waals surface area contributed by atoms with Crippen LogP contribution in [0.1, 0.15) is 12.0 Å². The zero-order valence-electron chi connectivity index (χ0n) is 12.0. The van der Waals surface area contributed by atoms with Crippen LogP contribution in [0, 0.1) is 0 Å². The van der Waals surface area contributed by atoms with Crippen LogP contribution in [0.25, 0.3) is 0 Å². The van der Waals surface area contributed by atoms with Crippen molar-refractivity contribution in [1.82, 2.24) is 9.80 Å². The molecule has 0 saturated carbocycles. The summed E-state index contributed by atoms with van der Waals surface area (Å²) in [5.74, 6) is -0.178.